The Kier molecular flexibility index (Phi) is 6.30. The average Bonchev–Trinajstić information content (AvgIpc) is 2.85. The molecule has 3 aromatic heterocycles. The molecule has 5 heterocycles. The molecule has 0 atom stereocenters. The molecular formula is C24H26ClN5O3. The second kappa shape index (κ2) is 9.51. The highest BCUT2D eigenvalue weighted by atomic mass is 35.5. The Morgan fingerprint density at radius 1 is 1.12 bits per heavy atom. The molecule has 8 nitrogen and oxygen atoms in total. The summed E-state index contributed by atoms with van der Waals surface area (Å²) in [6.07, 6.45) is 6.96. The van der Waals surface area contributed by atoms with Crippen LogP contribution in [-0.2, 0) is 11.3 Å². The zero-order chi connectivity index (χ0) is 22.7. The lowest BCUT2D eigenvalue weighted by Gasteiger charge is -2.44. The summed E-state index contributed by atoms with van der Waals surface area (Å²) in [5.74, 6) is 1.40. The van der Waals surface area contributed by atoms with E-state index in [4.69, 9.17) is 21.1 Å². The number of aromatic nitrogens is 3. The van der Waals surface area contributed by atoms with Gasteiger partial charge in [0.15, 0.2) is 0 Å². The van der Waals surface area contributed by atoms with Crippen LogP contribution in [-0.4, -0.2) is 52.9 Å². The summed E-state index contributed by atoms with van der Waals surface area (Å²) < 4.78 is 13.3. The molecule has 2 aliphatic heterocycles. The van der Waals surface area contributed by atoms with E-state index in [-0.39, 0.29) is 17.8 Å². The summed E-state index contributed by atoms with van der Waals surface area (Å²) in [4.78, 5) is 23.7. The van der Waals surface area contributed by atoms with Crippen molar-refractivity contribution in [1.82, 2.24) is 19.9 Å². The number of hydrogen-bond acceptors (Lipinski definition) is 7. The maximum Gasteiger partial charge on any atom is 0.258 e. The molecule has 2 saturated heterocycles. The topological polar surface area (TPSA) is 81.5 Å². The lowest BCUT2D eigenvalue weighted by Crippen LogP contribution is -2.55. The summed E-state index contributed by atoms with van der Waals surface area (Å²) in [6, 6.07) is 10.7. The first-order chi connectivity index (χ1) is 16.1. The number of nitrogens with zero attached hydrogens (tertiary/aromatic N) is 4. The molecule has 0 radical (unpaired) electrons. The largest absolute Gasteiger partial charge is 0.487 e. The number of hydrogen-bond donors (Lipinski definition) is 1. The third kappa shape index (κ3) is 5.03. The molecule has 2 fully saturated rings. The van der Waals surface area contributed by atoms with E-state index in [1.807, 2.05) is 12.1 Å². The quantitative estimate of drug-likeness (QED) is 0.617. The molecule has 9 heteroatoms. The first-order valence-corrected chi connectivity index (χ1v) is 11.5. The van der Waals surface area contributed by atoms with E-state index in [9.17, 15) is 4.79 Å². The van der Waals surface area contributed by atoms with Crippen LogP contribution >= 0.6 is 11.6 Å². The number of nitrogens with one attached hydrogen (secondary N) is 1. The van der Waals surface area contributed by atoms with Gasteiger partial charge in [-0.05, 0) is 43.2 Å². The smallest absolute Gasteiger partial charge is 0.258 e. The molecule has 2 aliphatic rings. The normalized spacial score (nSPS) is 17.8. The summed E-state index contributed by atoms with van der Waals surface area (Å²) in [5, 5.41) is 4.01. The van der Waals surface area contributed by atoms with Gasteiger partial charge in [0.2, 0.25) is 0 Å². The van der Waals surface area contributed by atoms with Crippen LogP contribution in [0.3, 0.4) is 0 Å². The zero-order valence-corrected chi connectivity index (χ0v) is 19.0. The minimum Gasteiger partial charge on any atom is -0.487 e. The lowest BCUT2D eigenvalue weighted by molar-refractivity contribution is -0.0800. The third-order valence-electron chi connectivity index (χ3n) is 6.21. The van der Waals surface area contributed by atoms with E-state index < -0.39 is 0 Å². The molecule has 0 aliphatic carbocycles. The van der Waals surface area contributed by atoms with Crippen LogP contribution in [0, 0.1) is 0 Å². The van der Waals surface area contributed by atoms with Gasteiger partial charge >= 0.3 is 0 Å². The summed E-state index contributed by atoms with van der Waals surface area (Å²) >= 11 is 5.85. The van der Waals surface area contributed by atoms with Crippen LogP contribution in [0.1, 0.15) is 18.5 Å². The Bertz CT molecular complexity index is 1130. The van der Waals surface area contributed by atoms with Crippen molar-refractivity contribution in [3.63, 3.8) is 0 Å². The minimum atomic E-state index is -0.187. The lowest BCUT2D eigenvalue weighted by atomic mass is 9.90. The Labute approximate surface area is 197 Å². The van der Waals surface area contributed by atoms with Crippen molar-refractivity contribution in [3.8, 4) is 11.4 Å². The van der Waals surface area contributed by atoms with Crippen molar-refractivity contribution >= 4 is 17.4 Å². The van der Waals surface area contributed by atoms with Crippen LogP contribution in [0.4, 0.5) is 5.82 Å². The molecular weight excluding hydrogens is 442 g/mol. The van der Waals surface area contributed by atoms with Crippen LogP contribution in [0.15, 0.2) is 59.8 Å². The van der Waals surface area contributed by atoms with E-state index in [1.54, 1.807) is 41.4 Å². The minimum absolute atomic E-state index is 0.0323. The molecule has 5 rings (SSSR count). The Hall–Kier alpha value is -2.94. The van der Waals surface area contributed by atoms with Crippen molar-refractivity contribution in [3.05, 3.63) is 76.1 Å². The molecule has 0 saturated carbocycles. The van der Waals surface area contributed by atoms with E-state index in [0.717, 1.165) is 57.1 Å². The maximum atomic E-state index is 12.6. The van der Waals surface area contributed by atoms with Gasteiger partial charge in [0.05, 0.1) is 34.8 Å². The number of rotatable bonds is 5. The molecule has 0 amide bonds. The standard InChI is InChI=1S/C24H26ClN5O3/c25-18-1-2-19(27-14-18)16-32-21-5-9-30(23(31)13-21)20-3-4-22(28-15-20)29-10-6-24(7-11-29)17-26-8-12-33-24/h1-5,9,13-15,26H,6-8,10-12,16-17H2. The summed E-state index contributed by atoms with van der Waals surface area (Å²) in [7, 11) is 0. The van der Waals surface area contributed by atoms with Gasteiger partial charge in [-0.15, -0.1) is 0 Å². The van der Waals surface area contributed by atoms with E-state index in [2.05, 4.69) is 20.2 Å². The van der Waals surface area contributed by atoms with Crippen molar-refractivity contribution in [2.45, 2.75) is 25.0 Å². The van der Waals surface area contributed by atoms with Crippen molar-refractivity contribution in [1.29, 1.82) is 0 Å². The van der Waals surface area contributed by atoms with E-state index >= 15 is 0 Å². The molecule has 1 N–H and O–H groups in total. The first kappa shape index (κ1) is 21.9. The predicted molar refractivity (Wildman–Crippen MR) is 126 cm³/mol. The Morgan fingerprint density at radius 3 is 2.67 bits per heavy atom. The Balaban J connectivity index is 1.22. The Morgan fingerprint density at radius 2 is 2.00 bits per heavy atom. The first-order valence-electron chi connectivity index (χ1n) is 11.1. The second-order valence-corrected chi connectivity index (χ2v) is 8.83. The van der Waals surface area contributed by atoms with Gasteiger partial charge in [0.1, 0.15) is 18.2 Å². The van der Waals surface area contributed by atoms with Gasteiger partial charge in [-0.1, -0.05) is 11.6 Å². The molecule has 0 unspecified atom stereocenters. The summed E-state index contributed by atoms with van der Waals surface area (Å²) in [5.41, 5.74) is 1.23. The second-order valence-electron chi connectivity index (χ2n) is 8.40. The van der Waals surface area contributed by atoms with Gasteiger partial charge in [0, 0.05) is 44.6 Å². The molecule has 0 aromatic carbocycles. The molecule has 172 valence electrons. The van der Waals surface area contributed by atoms with E-state index in [0.29, 0.717) is 16.5 Å². The van der Waals surface area contributed by atoms with Gasteiger partial charge in [-0.3, -0.25) is 14.3 Å². The van der Waals surface area contributed by atoms with Crippen molar-refractivity contribution in [2.75, 3.05) is 37.7 Å². The number of morpholine rings is 1. The number of piperidine rings is 1. The van der Waals surface area contributed by atoms with Crippen LogP contribution in [0.2, 0.25) is 5.02 Å². The van der Waals surface area contributed by atoms with Crippen molar-refractivity contribution in [2.24, 2.45) is 0 Å². The van der Waals surface area contributed by atoms with Crippen LogP contribution < -0.4 is 20.5 Å². The molecule has 0 bridgehead atoms. The third-order valence-corrected chi connectivity index (χ3v) is 6.43. The van der Waals surface area contributed by atoms with Gasteiger partial charge < -0.3 is 19.7 Å². The highest BCUT2D eigenvalue weighted by Crippen LogP contribution is 2.29. The SMILES string of the molecule is O=c1cc(OCc2ccc(Cl)cn2)ccn1-c1ccc(N2CCC3(CC2)CNCCO3)nc1. The highest BCUT2D eigenvalue weighted by Gasteiger charge is 2.37. The van der Waals surface area contributed by atoms with Crippen LogP contribution in [0.25, 0.3) is 5.69 Å². The molecule has 1 spiro atoms. The number of anilines is 1. The average molecular weight is 468 g/mol. The number of halogens is 1. The van der Waals surface area contributed by atoms with Gasteiger partial charge in [0.25, 0.3) is 5.56 Å². The fourth-order valence-electron chi connectivity index (χ4n) is 4.29. The van der Waals surface area contributed by atoms with Gasteiger partial charge in [-0.25, -0.2) is 4.98 Å². The fraction of sp³-hybridized carbons (Fsp3) is 0.375. The van der Waals surface area contributed by atoms with Gasteiger partial charge in [-0.2, -0.15) is 0 Å². The fourth-order valence-corrected chi connectivity index (χ4v) is 4.40. The zero-order valence-electron chi connectivity index (χ0n) is 18.2. The number of ether oxygens (including phenoxy) is 2. The van der Waals surface area contributed by atoms with Crippen LogP contribution in [0.5, 0.6) is 5.75 Å². The number of pyridine rings is 3. The predicted octanol–water partition coefficient (Wildman–Crippen LogP) is 2.82. The monoisotopic (exact) mass is 467 g/mol. The van der Waals surface area contributed by atoms with E-state index in [1.165, 1.54) is 6.07 Å². The highest BCUT2D eigenvalue weighted by molar-refractivity contribution is 6.30. The maximum absolute atomic E-state index is 12.6. The summed E-state index contributed by atoms with van der Waals surface area (Å²) in [6.45, 7) is 4.70. The van der Waals surface area contributed by atoms with Crippen molar-refractivity contribution < 1.29 is 9.47 Å². The molecule has 3 aromatic rings. The molecule has 33 heavy (non-hydrogen) atoms.